The molecule has 10 heavy (non-hydrogen) atoms. The molecule has 0 heterocycles. The van der Waals surface area contributed by atoms with Gasteiger partial charge in [0, 0.05) is 12.8 Å². The first-order chi connectivity index (χ1) is 4.68. The van der Waals surface area contributed by atoms with Crippen LogP contribution in [0.4, 0.5) is 0 Å². The first-order valence-electron chi connectivity index (χ1n) is 3.40. The van der Waals surface area contributed by atoms with Crippen LogP contribution < -0.4 is 5.73 Å². The molecule has 0 aromatic carbocycles. The van der Waals surface area contributed by atoms with Crippen LogP contribution in [-0.2, 0) is 4.79 Å². The smallest absolute Gasteiger partial charge is 0.149 e. The Morgan fingerprint density at radius 3 is 2.80 bits per heavy atom. The summed E-state index contributed by atoms with van der Waals surface area (Å²) in [4.78, 5) is 10.8. The van der Waals surface area contributed by atoms with Crippen molar-refractivity contribution in [2.24, 2.45) is 5.73 Å². The van der Waals surface area contributed by atoms with Crippen LogP contribution in [0.25, 0.3) is 0 Å². The van der Waals surface area contributed by atoms with E-state index in [9.17, 15) is 4.79 Å². The number of rotatable bonds is 4. The van der Waals surface area contributed by atoms with Crippen molar-refractivity contribution in [3.8, 4) is 12.3 Å². The molecule has 0 saturated heterocycles. The average Bonchev–Trinajstić information content (AvgIpc) is 1.88. The molecule has 1 atom stereocenters. The lowest BCUT2D eigenvalue weighted by molar-refractivity contribution is -0.120. The molecular weight excluding hydrogens is 126 g/mol. The summed E-state index contributed by atoms with van der Waals surface area (Å²) in [5, 5.41) is 0. The zero-order chi connectivity index (χ0) is 7.98. The minimum atomic E-state index is -0.335. The van der Waals surface area contributed by atoms with E-state index in [1.54, 1.807) is 6.92 Å². The van der Waals surface area contributed by atoms with E-state index in [1.165, 1.54) is 0 Å². The molecule has 0 rings (SSSR count). The highest BCUT2D eigenvalue weighted by Crippen LogP contribution is 1.96. The molecule has 0 aromatic heterocycles. The SMILES string of the molecule is C#CCCCC(=O)C(C)N. The fourth-order valence-electron chi connectivity index (χ4n) is 0.592. The first-order valence-corrected chi connectivity index (χ1v) is 3.40. The Kier molecular flexibility index (Phi) is 4.61. The number of terminal acetylenes is 1. The summed E-state index contributed by atoms with van der Waals surface area (Å²) in [7, 11) is 0. The molecule has 0 spiro atoms. The van der Waals surface area contributed by atoms with Gasteiger partial charge in [0.15, 0.2) is 0 Å². The van der Waals surface area contributed by atoms with Crippen molar-refractivity contribution in [1.29, 1.82) is 0 Å². The van der Waals surface area contributed by atoms with Crippen LogP contribution in [0.2, 0.25) is 0 Å². The van der Waals surface area contributed by atoms with Gasteiger partial charge >= 0.3 is 0 Å². The number of carbonyl (C=O) groups excluding carboxylic acids is 1. The third-order valence-electron chi connectivity index (χ3n) is 1.25. The Labute approximate surface area is 61.8 Å². The largest absolute Gasteiger partial charge is 0.322 e. The number of carbonyl (C=O) groups is 1. The van der Waals surface area contributed by atoms with Gasteiger partial charge in [-0.15, -0.1) is 12.3 Å². The van der Waals surface area contributed by atoms with Crippen molar-refractivity contribution in [2.75, 3.05) is 0 Å². The Morgan fingerprint density at radius 2 is 2.40 bits per heavy atom. The zero-order valence-corrected chi connectivity index (χ0v) is 6.26. The van der Waals surface area contributed by atoms with Gasteiger partial charge in [-0.3, -0.25) is 4.79 Å². The lowest BCUT2D eigenvalue weighted by Crippen LogP contribution is -2.26. The molecule has 0 aliphatic rings. The van der Waals surface area contributed by atoms with E-state index in [4.69, 9.17) is 12.2 Å². The third-order valence-corrected chi connectivity index (χ3v) is 1.25. The fourth-order valence-corrected chi connectivity index (χ4v) is 0.592. The predicted octanol–water partition coefficient (Wildman–Crippen LogP) is 0.706. The summed E-state index contributed by atoms with van der Waals surface area (Å²) in [5.74, 6) is 2.56. The van der Waals surface area contributed by atoms with Gasteiger partial charge in [-0.05, 0) is 13.3 Å². The second-order valence-corrected chi connectivity index (χ2v) is 2.31. The average molecular weight is 139 g/mol. The molecule has 2 heteroatoms. The summed E-state index contributed by atoms with van der Waals surface area (Å²) in [6.07, 6.45) is 6.94. The lowest BCUT2D eigenvalue weighted by atomic mass is 10.1. The zero-order valence-electron chi connectivity index (χ0n) is 6.26. The Bertz CT molecular complexity index is 144. The molecule has 1 unspecified atom stereocenters. The quantitative estimate of drug-likeness (QED) is 0.460. The summed E-state index contributed by atoms with van der Waals surface area (Å²) in [5.41, 5.74) is 5.32. The first kappa shape index (κ1) is 9.19. The van der Waals surface area contributed by atoms with Crippen molar-refractivity contribution in [2.45, 2.75) is 32.2 Å². The van der Waals surface area contributed by atoms with Gasteiger partial charge in [0.2, 0.25) is 0 Å². The Morgan fingerprint density at radius 1 is 1.80 bits per heavy atom. The van der Waals surface area contributed by atoms with Crippen LogP contribution in [0.3, 0.4) is 0 Å². The van der Waals surface area contributed by atoms with Gasteiger partial charge in [-0.2, -0.15) is 0 Å². The van der Waals surface area contributed by atoms with E-state index < -0.39 is 0 Å². The monoisotopic (exact) mass is 139 g/mol. The summed E-state index contributed by atoms with van der Waals surface area (Å²) >= 11 is 0. The number of Topliss-reactive ketones (excluding diaryl/α,β-unsaturated/α-hetero) is 1. The van der Waals surface area contributed by atoms with E-state index in [0.717, 1.165) is 6.42 Å². The second kappa shape index (κ2) is 5.01. The van der Waals surface area contributed by atoms with Gasteiger partial charge in [0.1, 0.15) is 5.78 Å². The fraction of sp³-hybridized carbons (Fsp3) is 0.625. The highest BCUT2D eigenvalue weighted by atomic mass is 16.1. The maximum atomic E-state index is 10.8. The Balaban J connectivity index is 3.33. The van der Waals surface area contributed by atoms with E-state index in [1.807, 2.05) is 0 Å². The van der Waals surface area contributed by atoms with Crippen LogP contribution in [0.1, 0.15) is 26.2 Å². The van der Waals surface area contributed by atoms with Gasteiger partial charge in [0.25, 0.3) is 0 Å². The van der Waals surface area contributed by atoms with Gasteiger partial charge in [-0.25, -0.2) is 0 Å². The molecule has 2 N–H and O–H groups in total. The molecule has 0 amide bonds. The molecule has 56 valence electrons. The van der Waals surface area contributed by atoms with Crippen molar-refractivity contribution in [1.82, 2.24) is 0 Å². The van der Waals surface area contributed by atoms with E-state index in [-0.39, 0.29) is 11.8 Å². The highest BCUT2D eigenvalue weighted by molar-refractivity contribution is 5.83. The number of ketones is 1. The van der Waals surface area contributed by atoms with Gasteiger partial charge < -0.3 is 5.73 Å². The van der Waals surface area contributed by atoms with Crippen molar-refractivity contribution < 1.29 is 4.79 Å². The number of hydrogen-bond acceptors (Lipinski definition) is 2. The second-order valence-electron chi connectivity index (χ2n) is 2.31. The maximum Gasteiger partial charge on any atom is 0.149 e. The number of unbranched alkanes of at least 4 members (excludes halogenated alkanes) is 1. The van der Waals surface area contributed by atoms with E-state index in [0.29, 0.717) is 12.8 Å². The third kappa shape index (κ3) is 4.11. The predicted molar refractivity (Wildman–Crippen MR) is 41.3 cm³/mol. The van der Waals surface area contributed by atoms with Crippen molar-refractivity contribution >= 4 is 5.78 Å². The summed E-state index contributed by atoms with van der Waals surface area (Å²) in [6, 6.07) is -0.335. The van der Waals surface area contributed by atoms with E-state index >= 15 is 0 Å². The van der Waals surface area contributed by atoms with Crippen LogP contribution in [0, 0.1) is 12.3 Å². The van der Waals surface area contributed by atoms with Gasteiger partial charge in [0.05, 0.1) is 6.04 Å². The summed E-state index contributed by atoms with van der Waals surface area (Å²) in [6.45, 7) is 1.69. The van der Waals surface area contributed by atoms with Crippen LogP contribution in [-0.4, -0.2) is 11.8 Å². The summed E-state index contributed by atoms with van der Waals surface area (Å²) < 4.78 is 0. The molecule has 0 aliphatic heterocycles. The molecule has 0 radical (unpaired) electrons. The van der Waals surface area contributed by atoms with Crippen molar-refractivity contribution in [3.63, 3.8) is 0 Å². The molecule has 0 saturated carbocycles. The standard InChI is InChI=1S/C8H13NO/c1-3-4-5-6-8(10)7(2)9/h1,7H,4-6,9H2,2H3. The highest BCUT2D eigenvalue weighted by Gasteiger charge is 2.05. The topological polar surface area (TPSA) is 43.1 Å². The lowest BCUT2D eigenvalue weighted by Gasteiger charge is -2.00. The minimum absolute atomic E-state index is 0.0928. The molecular formula is C8H13NO. The Hall–Kier alpha value is -0.810. The van der Waals surface area contributed by atoms with Gasteiger partial charge in [-0.1, -0.05) is 0 Å². The van der Waals surface area contributed by atoms with Crippen LogP contribution in [0.5, 0.6) is 0 Å². The molecule has 0 aliphatic carbocycles. The molecule has 2 nitrogen and oxygen atoms in total. The molecule has 0 fully saturated rings. The van der Waals surface area contributed by atoms with Crippen LogP contribution in [0.15, 0.2) is 0 Å². The molecule has 0 bridgehead atoms. The minimum Gasteiger partial charge on any atom is -0.322 e. The van der Waals surface area contributed by atoms with Crippen LogP contribution >= 0.6 is 0 Å². The number of nitrogens with two attached hydrogens (primary N) is 1. The van der Waals surface area contributed by atoms with Crippen molar-refractivity contribution in [3.05, 3.63) is 0 Å². The van der Waals surface area contributed by atoms with E-state index in [2.05, 4.69) is 5.92 Å². The maximum absolute atomic E-state index is 10.8. The molecule has 0 aromatic rings. The number of hydrogen-bond donors (Lipinski definition) is 1. The normalized spacial score (nSPS) is 12.1.